The van der Waals surface area contributed by atoms with Gasteiger partial charge in [-0.15, -0.1) is 0 Å². The van der Waals surface area contributed by atoms with Crippen LogP contribution >= 0.6 is 0 Å². The van der Waals surface area contributed by atoms with E-state index in [1.165, 1.54) is 25.3 Å². The first-order chi connectivity index (χ1) is 12.0. The molecule has 25 heavy (non-hydrogen) atoms. The maximum Gasteiger partial charge on any atom is 0.430 e. The third-order valence-corrected chi connectivity index (χ3v) is 3.69. The molecule has 7 heteroatoms. The summed E-state index contributed by atoms with van der Waals surface area (Å²) in [5, 5.41) is 8.05. The van der Waals surface area contributed by atoms with Gasteiger partial charge in [-0.05, 0) is 30.7 Å². The molecule has 3 rings (SSSR count). The Morgan fingerprint density at radius 2 is 2.04 bits per heavy atom. The number of carbonyl (C=O) groups excluding carboxylic acids is 2. The molecule has 1 aliphatic heterocycles. The summed E-state index contributed by atoms with van der Waals surface area (Å²) in [7, 11) is 1.52. The third-order valence-electron chi connectivity index (χ3n) is 3.69. The van der Waals surface area contributed by atoms with Crippen molar-refractivity contribution in [3.05, 3.63) is 65.5 Å². The van der Waals surface area contributed by atoms with Gasteiger partial charge in [0.2, 0.25) is 0 Å². The molecule has 1 aromatic rings. The van der Waals surface area contributed by atoms with Crippen LogP contribution in [0.15, 0.2) is 65.1 Å². The Morgan fingerprint density at radius 3 is 2.76 bits per heavy atom. The fourth-order valence-corrected chi connectivity index (χ4v) is 2.34. The minimum atomic E-state index is -0.496. The van der Waals surface area contributed by atoms with Crippen LogP contribution < -0.4 is 5.32 Å². The molecule has 0 fully saturated rings. The normalized spacial score (nSPS) is 17.1. The first kappa shape index (κ1) is 16.6. The number of hydrogen-bond donors (Lipinski definition) is 1. The van der Waals surface area contributed by atoms with Crippen LogP contribution in [0.5, 0.6) is 0 Å². The van der Waals surface area contributed by atoms with Gasteiger partial charge in [-0.3, -0.25) is 4.79 Å². The van der Waals surface area contributed by atoms with Gasteiger partial charge in [0, 0.05) is 23.9 Å². The molecule has 6 nitrogen and oxygen atoms in total. The standard InChI is InChI=1S/C18H16FN3O3/c1-22-18(24)25-11-16(21-22)12-6-9-15(10-7-12)20-17(23)13-3-2-4-14(19)8-5-13/h2,4-10H,3,11H2,1H3,(H,20,23). The molecule has 1 heterocycles. The highest BCUT2D eigenvalue weighted by atomic mass is 19.1. The second-order valence-electron chi connectivity index (χ2n) is 5.51. The average Bonchev–Trinajstić information content (AvgIpc) is 2.83. The molecule has 0 aromatic heterocycles. The number of amides is 2. The zero-order chi connectivity index (χ0) is 17.8. The first-order valence-electron chi connectivity index (χ1n) is 7.65. The highest BCUT2D eigenvalue weighted by Crippen LogP contribution is 2.17. The van der Waals surface area contributed by atoms with Crippen molar-refractivity contribution in [1.29, 1.82) is 0 Å². The SMILES string of the molecule is CN1N=C(c2ccc(NC(=O)C3=CC=C(F)C=CC3)cc2)COC1=O. The molecule has 0 unspecified atom stereocenters. The van der Waals surface area contributed by atoms with Crippen LogP contribution in [0.2, 0.25) is 0 Å². The van der Waals surface area contributed by atoms with E-state index in [-0.39, 0.29) is 18.3 Å². The van der Waals surface area contributed by atoms with Crippen molar-refractivity contribution >= 4 is 23.4 Å². The fourth-order valence-electron chi connectivity index (χ4n) is 2.34. The molecule has 2 amide bonds. The number of cyclic esters (lactones) is 1. The lowest BCUT2D eigenvalue weighted by molar-refractivity contribution is -0.112. The summed E-state index contributed by atoms with van der Waals surface area (Å²) in [5.41, 5.74) is 2.49. The number of rotatable bonds is 3. The molecule has 0 bridgehead atoms. The molecule has 0 radical (unpaired) electrons. The Kier molecular flexibility index (Phi) is 4.74. The van der Waals surface area contributed by atoms with Gasteiger partial charge in [0.15, 0.2) is 0 Å². The molecular weight excluding hydrogens is 325 g/mol. The first-order valence-corrected chi connectivity index (χ1v) is 7.65. The maximum absolute atomic E-state index is 13.1. The van der Waals surface area contributed by atoms with Gasteiger partial charge < -0.3 is 10.1 Å². The van der Waals surface area contributed by atoms with Crippen LogP contribution in [0.4, 0.5) is 14.9 Å². The second-order valence-corrected chi connectivity index (χ2v) is 5.51. The predicted octanol–water partition coefficient (Wildman–Crippen LogP) is 3.15. The summed E-state index contributed by atoms with van der Waals surface area (Å²) < 4.78 is 18.1. The topological polar surface area (TPSA) is 71.0 Å². The molecule has 0 spiro atoms. The van der Waals surface area contributed by atoms with Crippen molar-refractivity contribution in [2.24, 2.45) is 5.10 Å². The number of ether oxygens (including phenoxy) is 1. The number of halogens is 1. The Hall–Kier alpha value is -3.22. The van der Waals surface area contributed by atoms with Crippen LogP contribution in [0, 0.1) is 0 Å². The molecule has 0 atom stereocenters. The van der Waals surface area contributed by atoms with Gasteiger partial charge in [0.1, 0.15) is 18.1 Å². The number of hydrazone groups is 1. The predicted molar refractivity (Wildman–Crippen MR) is 91.8 cm³/mol. The van der Waals surface area contributed by atoms with E-state index in [1.54, 1.807) is 30.3 Å². The molecule has 0 saturated carbocycles. The zero-order valence-corrected chi connectivity index (χ0v) is 13.5. The lowest BCUT2D eigenvalue weighted by Crippen LogP contribution is -2.32. The Balaban J connectivity index is 1.69. The smallest absolute Gasteiger partial charge is 0.430 e. The summed E-state index contributed by atoms with van der Waals surface area (Å²) in [4.78, 5) is 23.5. The summed E-state index contributed by atoms with van der Waals surface area (Å²) in [6.07, 6.45) is 5.54. The van der Waals surface area contributed by atoms with Crippen molar-refractivity contribution in [2.45, 2.75) is 6.42 Å². The lowest BCUT2D eigenvalue weighted by atomic mass is 10.1. The highest BCUT2D eigenvalue weighted by molar-refractivity contribution is 6.06. The van der Waals surface area contributed by atoms with Crippen molar-refractivity contribution in [3.8, 4) is 0 Å². The number of nitrogens with zero attached hydrogens (tertiary/aromatic N) is 2. The van der Waals surface area contributed by atoms with Crippen molar-refractivity contribution in [3.63, 3.8) is 0 Å². The van der Waals surface area contributed by atoms with Gasteiger partial charge in [-0.25, -0.2) is 14.2 Å². The number of benzene rings is 1. The Bertz CT molecular complexity index is 822. The van der Waals surface area contributed by atoms with Gasteiger partial charge in [-0.2, -0.15) is 5.10 Å². The zero-order valence-electron chi connectivity index (χ0n) is 13.5. The van der Waals surface area contributed by atoms with E-state index in [4.69, 9.17) is 4.74 Å². The van der Waals surface area contributed by atoms with E-state index in [1.807, 2.05) is 0 Å². The summed E-state index contributed by atoms with van der Waals surface area (Å²) in [5.74, 6) is -0.668. The second kappa shape index (κ2) is 7.12. The van der Waals surface area contributed by atoms with Crippen LogP contribution in [0.25, 0.3) is 0 Å². The number of nitrogens with one attached hydrogen (secondary N) is 1. The highest BCUT2D eigenvalue weighted by Gasteiger charge is 2.19. The third kappa shape index (κ3) is 4.00. The minimum absolute atomic E-state index is 0.103. The van der Waals surface area contributed by atoms with Crippen LogP contribution in [-0.2, 0) is 9.53 Å². The largest absolute Gasteiger partial charge is 0.442 e. The van der Waals surface area contributed by atoms with Gasteiger partial charge in [0.25, 0.3) is 5.91 Å². The van der Waals surface area contributed by atoms with Gasteiger partial charge in [-0.1, -0.05) is 24.3 Å². The Morgan fingerprint density at radius 1 is 1.28 bits per heavy atom. The number of hydrogen-bond acceptors (Lipinski definition) is 4. The van der Waals surface area contributed by atoms with Gasteiger partial charge >= 0.3 is 6.09 Å². The molecule has 1 N–H and O–H groups in total. The molecular formula is C18H16FN3O3. The monoisotopic (exact) mass is 341 g/mol. The van der Waals surface area contributed by atoms with E-state index in [0.29, 0.717) is 23.4 Å². The molecule has 2 aliphatic rings. The van der Waals surface area contributed by atoms with Crippen molar-refractivity contribution in [1.82, 2.24) is 5.01 Å². The number of allylic oxidation sites excluding steroid dienone is 5. The van der Waals surface area contributed by atoms with E-state index in [2.05, 4.69) is 10.4 Å². The fraction of sp³-hybridized carbons (Fsp3) is 0.167. The summed E-state index contributed by atoms with van der Waals surface area (Å²) >= 11 is 0. The molecule has 1 aromatic carbocycles. The molecule has 0 saturated heterocycles. The van der Waals surface area contributed by atoms with E-state index < -0.39 is 6.09 Å². The van der Waals surface area contributed by atoms with Crippen LogP contribution in [0.3, 0.4) is 0 Å². The molecule has 1 aliphatic carbocycles. The van der Waals surface area contributed by atoms with Crippen LogP contribution in [0.1, 0.15) is 12.0 Å². The van der Waals surface area contributed by atoms with Crippen molar-refractivity contribution < 1.29 is 18.7 Å². The quantitative estimate of drug-likeness (QED) is 0.918. The molecule has 128 valence electrons. The Labute approximate surface area is 144 Å². The maximum atomic E-state index is 13.1. The minimum Gasteiger partial charge on any atom is -0.442 e. The lowest BCUT2D eigenvalue weighted by Gasteiger charge is -2.20. The van der Waals surface area contributed by atoms with Crippen molar-refractivity contribution in [2.75, 3.05) is 19.0 Å². The van der Waals surface area contributed by atoms with E-state index >= 15 is 0 Å². The van der Waals surface area contributed by atoms with E-state index in [9.17, 15) is 14.0 Å². The number of carbonyl (C=O) groups is 2. The van der Waals surface area contributed by atoms with Crippen LogP contribution in [-0.4, -0.2) is 36.4 Å². The summed E-state index contributed by atoms with van der Waals surface area (Å²) in [6.45, 7) is 0.103. The number of anilines is 1. The van der Waals surface area contributed by atoms with Gasteiger partial charge in [0.05, 0.1) is 0 Å². The van der Waals surface area contributed by atoms with E-state index in [0.717, 1.165) is 10.6 Å². The summed E-state index contributed by atoms with van der Waals surface area (Å²) in [6, 6.07) is 7.02. The average molecular weight is 341 g/mol.